The second-order valence-corrected chi connectivity index (χ2v) is 4.98. The van der Waals surface area contributed by atoms with E-state index in [0.29, 0.717) is 35.1 Å². The molecule has 2 aromatic carbocycles. The minimum Gasteiger partial charge on any atom is -0.493 e. The summed E-state index contributed by atoms with van der Waals surface area (Å²) < 4.78 is 21.0. The van der Waals surface area contributed by atoms with Gasteiger partial charge < -0.3 is 24.2 Å². The zero-order valence-electron chi connectivity index (χ0n) is 14.2. The lowest BCUT2D eigenvalue weighted by Crippen LogP contribution is -2.06. The zero-order chi connectivity index (χ0) is 17.5. The smallest absolute Gasteiger partial charge is 0.161 e. The van der Waals surface area contributed by atoms with E-state index in [1.807, 2.05) is 24.3 Å². The van der Waals surface area contributed by atoms with E-state index < -0.39 is 0 Å². The Bertz CT molecular complexity index is 727. The highest BCUT2D eigenvalue weighted by molar-refractivity contribution is 6.02. The molecule has 6 heteroatoms. The summed E-state index contributed by atoms with van der Waals surface area (Å²) in [7, 11) is 6.30. The molecule has 0 aliphatic carbocycles. The number of rotatable bonds is 7. The molecule has 0 radical (unpaired) electrons. The lowest BCUT2D eigenvalue weighted by atomic mass is 10.0. The molecule has 2 aromatic rings. The Labute approximate surface area is 141 Å². The van der Waals surface area contributed by atoms with Crippen molar-refractivity contribution in [1.29, 1.82) is 0 Å². The van der Waals surface area contributed by atoms with Crippen LogP contribution in [0.2, 0.25) is 0 Å². The highest BCUT2D eigenvalue weighted by atomic mass is 16.5. The first-order valence-corrected chi connectivity index (χ1v) is 7.31. The van der Waals surface area contributed by atoms with E-state index in [1.54, 1.807) is 40.6 Å². The Balaban J connectivity index is 2.30. The summed E-state index contributed by atoms with van der Waals surface area (Å²) in [6, 6.07) is 10.9. The fraction of sp³-hybridized carbons (Fsp3) is 0.278. The van der Waals surface area contributed by atoms with Crippen LogP contribution < -0.4 is 18.9 Å². The van der Waals surface area contributed by atoms with E-state index in [4.69, 9.17) is 18.9 Å². The zero-order valence-corrected chi connectivity index (χ0v) is 14.2. The normalized spacial score (nSPS) is 11.1. The Morgan fingerprint density at radius 1 is 0.792 bits per heavy atom. The number of ether oxygens (including phenoxy) is 4. The summed E-state index contributed by atoms with van der Waals surface area (Å²) in [5.41, 5.74) is 2.17. The van der Waals surface area contributed by atoms with Gasteiger partial charge >= 0.3 is 0 Å². The van der Waals surface area contributed by atoms with Gasteiger partial charge in [-0.25, -0.2) is 0 Å². The molecule has 0 unspecified atom stereocenters. The third-order valence-electron chi connectivity index (χ3n) is 3.66. The van der Waals surface area contributed by atoms with Gasteiger partial charge in [-0.15, -0.1) is 0 Å². The molecule has 0 saturated heterocycles. The lowest BCUT2D eigenvalue weighted by Gasteiger charge is -2.12. The van der Waals surface area contributed by atoms with Crippen LogP contribution in [-0.4, -0.2) is 39.4 Å². The van der Waals surface area contributed by atoms with Gasteiger partial charge in [-0.2, -0.15) is 0 Å². The molecule has 0 atom stereocenters. The monoisotopic (exact) mass is 331 g/mol. The van der Waals surface area contributed by atoms with Crippen LogP contribution >= 0.6 is 0 Å². The summed E-state index contributed by atoms with van der Waals surface area (Å²) in [5, 5.41) is 12.8. The number of hydrogen-bond acceptors (Lipinski definition) is 6. The molecule has 0 aromatic heterocycles. The van der Waals surface area contributed by atoms with Crippen molar-refractivity contribution < 1.29 is 24.2 Å². The molecule has 0 amide bonds. The molecule has 0 saturated carbocycles. The molecule has 0 spiro atoms. The summed E-state index contributed by atoms with van der Waals surface area (Å²) >= 11 is 0. The molecule has 0 fully saturated rings. The first-order chi connectivity index (χ1) is 11.7. The lowest BCUT2D eigenvalue weighted by molar-refractivity contribution is 0.318. The second-order valence-electron chi connectivity index (χ2n) is 4.98. The molecule has 24 heavy (non-hydrogen) atoms. The van der Waals surface area contributed by atoms with E-state index in [-0.39, 0.29) is 0 Å². The van der Waals surface area contributed by atoms with Crippen molar-refractivity contribution in [1.82, 2.24) is 0 Å². The third kappa shape index (κ3) is 3.71. The first-order valence-electron chi connectivity index (χ1n) is 7.31. The number of benzene rings is 2. The van der Waals surface area contributed by atoms with Crippen LogP contribution in [-0.2, 0) is 6.42 Å². The van der Waals surface area contributed by atoms with Gasteiger partial charge in [0.2, 0.25) is 0 Å². The van der Waals surface area contributed by atoms with Crippen molar-refractivity contribution in [3.05, 3.63) is 47.5 Å². The number of nitrogens with zero attached hydrogens (tertiary/aromatic N) is 1. The summed E-state index contributed by atoms with van der Waals surface area (Å²) in [4.78, 5) is 0. The van der Waals surface area contributed by atoms with Crippen molar-refractivity contribution in [3.8, 4) is 23.0 Å². The average molecular weight is 331 g/mol. The molecule has 128 valence electrons. The fourth-order valence-electron chi connectivity index (χ4n) is 2.39. The van der Waals surface area contributed by atoms with Crippen LogP contribution in [0, 0.1) is 0 Å². The molecule has 0 bridgehead atoms. The predicted molar refractivity (Wildman–Crippen MR) is 91.1 cm³/mol. The first kappa shape index (κ1) is 17.5. The molecule has 2 rings (SSSR count). The number of methoxy groups -OCH3 is 4. The van der Waals surface area contributed by atoms with Crippen LogP contribution in [0.1, 0.15) is 11.1 Å². The Kier molecular flexibility index (Phi) is 5.89. The number of hydrogen-bond donors (Lipinski definition) is 1. The number of oxime groups is 1. The van der Waals surface area contributed by atoms with Gasteiger partial charge in [0.25, 0.3) is 0 Å². The highest BCUT2D eigenvalue weighted by Crippen LogP contribution is 2.30. The maximum atomic E-state index is 9.42. The van der Waals surface area contributed by atoms with E-state index in [1.165, 1.54) is 0 Å². The van der Waals surface area contributed by atoms with E-state index >= 15 is 0 Å². The van der Waals surface area contributed by atoms with Crippen molar-refractivity contribution in [3.63, 3.8) is 0 Å². The molecular weight excluding hydrogens is 310 g/mol. The van der Waals surface area contributed by atoms with Crippen LogP contribution in [0.4, 0.5) is 0 Å². The topological polar surface area (TPSA) is 69.5 Å². The van der Waals surface area contributed by atoms with Crippen LogP contribution in [0.3, 0.4) is 0 Å². The molecule has 0 heterocycles. The maximum absolute atomic E-state index is 9.42. The van der Waals surface area contributed by atoms with E-state index in [0.717, 1.165) is 11.1 Å². The second kappa shape index (κ2) is 8.10. The Morgan fingerprint density at radius 3 is 1.88 bits per heavy atom. The average Bonchev–Trinajstić information content (AvgIpc) is 2.65. The standard InChI is InChI=1S/C18H21NO5/c1-21-15-7-5-12(10-17(15)23-3)9-14(19-20)13-6-8-16(22-2)18(11-13)24-4/h5-8,10-11,20H,9H2,1-4H3/b19-14+. The van der Waals surface area contributed by atoms with Crippen molar-refractivity contribution in [2.24, 2.45) is 5.16 Å². The van der Waals surface area contributed by atoms with Gasteiger partial charge in [0.15, 0.2) is 23.0 Å². The SMILES string of the molecule is COc1ccc(C/C(=N\O)c2ccc(OC)c(OC)c2)cc1OC. The van der Waals surface area contributed by atoms with Crippen LogP contribution in [0.5, 0.6) is 23.0 Å². The highest BCUT2D eigenvalue weighted by Gasteiger charge is 2.12. The molecule has 0 aliphatic rings. The Morgan fingerprint density at radius 2 is 1.33 bits per heavy atom. The molecular formula is C18H21NO5. The van der Waals surface area contributed by atoms with Crippen LogP contribution in [0.15, 0.2) is 41.6 Å². The summed E-state index contributed by atoms with van der Waals surface area (Å²) in [6.07, 6.45) is 0.423. The van der Waals surface area contributed by atoms with Gasteiger partial charge in [0, 0.05) is 12.0 Å². The minimum absolute atomic E-state index is 0.423. The molecule has 0 aliphatic heterocycles. The third-order valence-corrected chi connectivity index (χ3v) is 3.66. The van der Waals surface area contributed by atoms with Gasteiger partial charge in [0.05, 0.1) is 34.2 Å². The summed E-state index contributed by atoms with van der Waals surface area (Å²) in [5.74, 6) is 2.46. The van der Waals surface area contributed by atoms with E-state index in [9.17, 15) is 5.21 Å². The van der Waals surface area contributed by atoms with Crippen molar-refractivity contribution in [2.45, 2.75) is 6.42 Å². The van der Waals surface area contributed by atoms with Gasteiger partial charge in [-0.1, -0.05) is 11.2 Å². The van der Waals surface area contributed by atoms with Gasteiger partial charge in [-0.05, 0) is 35.9 Å². The Hall–Kier alpha value is -2.89. The van der Waals surface area contributed by atoms with Crippen molar-refractivity contribution in [2.75, 3.05) is 28.4 Å². The minimum atomic E-state index is 0.423. The van der Waals surface area contributed by atoms with Gasteiger partial charge in [-0.3, -0.25) is 0 Å². The molecule has 6 nitrogen and oxygen atoms in total. The maximum Gasteiger partial charge on any atom is 0.161 e. The molecule has 1 N–H and O–H groups in total. The van der Waals surface area contributed by atoms with Gasteiger partial charge in [0.1, 0.15) is 0 Å². The van der Waals surface area contributed by atoms with E-state index in [2.05, 4.69) is 5.16 Å². The largest absolute Gasteiger partial charge is 0.493 e. The van der Waals surface area contributed by atoms with Crippen LogP contribution in [0.25, 0.3) is 0 Å². The predicted octanol–water partition coefficient (Wildman–Crippen LogP) is 3.14. The fourth-order valence-corrected chi connectivity index (χ4v) is 2.39. The quantitative estimate of drug-likeness (QED) is 0.479. The summed E-state index contributed by atoms with van der Waals surface area (Å²) in [6.45, 7) is 0. The van der Waals surface area contributed by atoms with Crippen molar-refractivity contribution >= 4 is 5.71 Å².